The van der Waals surface area contributed by atoms with E-state index in [0.717, 1.165) is 23.2 Å². The molecular weight excluding hydrogens is 240 g/mol. The number of hydrogen-bond acceptors (Lipinski definition) is 1. The van der Waals surface area contributed by atoms with Gasteiger partial charge in [-0.05, 0) is 37.0 Å². The maximum atomic E-state index is 5.70. The minimum absolute atomic E-state index is 0.697. The summed E-state index contributed by atoms with van der Waals surface area (Å²) in [5.74, 6) is 1.68. The molecule has 1 aromatic carbocycles. The molecule has 0 atom stereocenters. The molecular formula is C12H17BrO. The van der Waals surface area contributed by atoms with E-state index in [-0.39, 0.29) is 0 Å². The summed E-state index contributed by atoms with van der Waals surface area (Å²) in [6.07, 6.45) is 1.10. The van der Waals surface area contributed by atoms with Crippen LogP contribution in [0.1, 0.15) is 25.8 Å². The minimum atomic E-state index is 0.697. The molecule has 0 aromatic heterocycles. The Kier molecular flexibility index (Phi) is 4.46. The monoisotopic (exact) mass is 256 g/mol. The molecule has 0 unspecified atom stereocenters. The smallest absolute Gasteiger partial charge is 0.123 e. The number of ether oxygens (including phenoxy) is 1. The summed E-state index contributed by atoms with van der Waals surface area (Å²) in [6.45, 7) is 7.28. The summed E-state index contributed by atoms with van der Waals surface area (Å²) >= 11 is 3.44. The molecule has 1 aromatic rings. The lowest BCUT2D eigenvalue weighted by Crippen LogP contribution is -2.02. The lowest BCUT2D eigenvalue weighted by molar-refractivity contribution is 0.287. The number of hydrogen-bond donors (Lipinski definition) is 0. The second kappa shape index (κ2) is 5.40. The zero-order chi connectivity index (χ0) is 10.6. The highest BCUT2D eigenvalue weighted by molar-refractivity contribution is 9.10. The fraction of sp³-hybridized carbons (Fsp3) is 0.500. The normalized spacial score (nSPS) is 10.6. The van der Waals surface area contributed by atoms with Gasteiger partial charge in [0.1, 0.15) is 5.75 Å². The van der Waals surface area contributed by atoms with E-state index in [1.54, 1.807) is 0 Å². The second-order valence-electron chi connectivity index (χ2n) is 3.94. The molecule has 14 heavy (non-hydrogen) atoms. The number of halogens is 1. The van der Waals surface area contributed by atoms with Crippen LogP contribution < -0.4 is 4.74 Å². The largest absolute Gasteiger partial charge is 0.493 e. The third-order valence-corrected chi connectivity index (χ3v) is 2.60. The topological polar surface area (TPSA) is 9.23 Å². The van der Waals surface area contributed by atoms with Crippen LogP contribution in [-0.2, 0) is 0 Å². The molecule has 0 amide bonds. The van der Waals surface area contributed by atoms with Crippen LogP contribution in [0.15, 0.2) is 22.7 Å². The van der Waals surface area contributed by atoms with Gasteiger partial charge in [-0.1, -0.05) is 35.8 Å². The summed E-state index contributed by atoms with van der Waals surface area (Å²) < 4.78 is 6.77. The molecule has 0 aliphatic heterocycles. The average Bonchev–Trinajstić information content (AvgIpc) is 2.10. The summed E-state index contributed by atoms with van der Waals surface area (Å²) in [5.41, 5.74) is 1.19. The third kappa shape index (κ3) is 3.70. The van der Waals surface area contributed by atoms with Gasteiger partial charge in [-0.15, -0.1) is 0 Å². The maximum absolute atomic E-state index is 5.70. The number of benzene rings is 1. The van der Waals surface area contributed by atoms with Crippen LogP contribution in [0.5, 0.6) is 5.75 Å². The molecule has 0 aliphatic rings. The molecule has 1 rings (SSSR count). The summed E-state index contributed by atoms with van der Waals surface area (Å²) in [6, 6.07) is 6.12. The molecule has 0 heterocycles. The van der Waals surface area contributed by atoms with Crippen LogP contribution in [0.3, 0.4) is 0 Å². The van der Waals surface area contributed by atoms with E-state index in [1.165, 1.54) is 5.56 Å². The van der Waals surface area contributed by atoms with Crippen LogP contribution in [-0.4, -0.2) is 6.61 Å². The fourth-order valence-electron chi connectivity index (χ4n) is 1.13. The average molecular weight is 257 g/mol. The van der Waals surface area contributed by atoms with Gasteiger partial charge < -0.3 is 4.74 Å². The van der Waals surface area contributed by atoms with Gasteiger partial charge in [0.2, 0.25) is 0 Å². The van der Waals surface area contributed by atoms with Gasteiger partial charge in [-0.25, -0.2) is 0 Å². The van der Waals surface area contributed by atoms with E-state index < -0.39 is 0 Å². The van der Waals surface area contributed by atoms with E-state index in [0.29, 0.717) is 5.92 Å². The molecule has 0 spiro atoms. The first-order valence-corrected chi connectivity index (χ1v) is 5.78. The van der Waals surface area contributed by atoms with Gasteiger partial charge in [-0.3, -0.25) is 0 Å². The predicted molar refractivity (Wildman–Crippen MR) is 63.8 cm³/mol. The first kappa shape index (κ1) is 11.6. The van der Waals surface area contributed by atoms with Crippen molar-refractivity contribution in [3.63, 3.8) is 0 Å². The van der Waals surface area contributed by atoms with Gasteiger partial charge >= 0.3 is 0 Å². The Bertz CT molecular complexity index is 294. The zero-order valence-corrected chi connectivity index (χ0v) is 10.6. The molecule has 0 saturated heterocycles. The molecule has 1 nitrogen and oxygen atoms in total. The first-order valence-electron chi connectivity index (χ1n) is 4.98. The summed E-state index contributed by atoms with van der Waals surface area (Å²) in [4.78, 5) is 0. The quantitative estimate of drug-likeness (QED) is 0.786. The third-order valence-electron chi connectivity index (χ3n) is 2.10. The predicted octanol–water partition coefficient (Wildman–Crippen LogP) is 4.18. The van der Waals surface area contributed by atoms with Gasteiger partial charge in [0.25, 0.3) is 0 Å². The van der Waals surface area contributed by atoms with Crippen molar-refractivity contribution in [1.29, 1.82) is 0 Å². The Morgan fingerprint density at radius 2 is 2.07 bits per heavy atom. The Hall–Kier alpha value is -0.500. The molecule has 0 saturated carbocycles. The van der Waals surface area contributed by atoms with E-state index in [2.05, 4.69) is 42.8 Å². The molecule has 0 fully saturated rings. The van der Waals surface area contributed by atoms with Gasteiger partial charge in [0, 0.05) is 4.47 Å². The van der Waals surface area contributed by atoms with E-state index in [4.69, 9.17) is 4.74 Å². The summed E-state index contributed by atoms with van der Waals surface area (Å²) in [7, 11) is 0. The van der Waals surface area contributed by atoms with Crippen molar-refractivity contribution in [3.05, 3.63) is 28.2 Å². The van der Waals surface area contributed by atoms with Crippen molar-refractivity contribution in [3.8, 4) is 5.75 Å². The summed E-state index contributed by atoms with van der Waals surface area (Å²) in [5, 5.41) is 0. The fourth-order valence-corrected chi connectivity index (χ4v) is 1.47. The van der Waals surface area contributed by atoms with Crippen molar-refractivity contribution in [2.75, 3.05) is 6.61 Å². The Labute approximate surface area is 94.6 Å². The number of rotatable bonds is 4. The van der Waals surface area contributed by atoms with E-state index in [9.17, 15) is 0 Å². The van der Waals surface area contributed by atoms with Crippen molar-refractivity contribution in [2.45, 2.75) is 27.2 Å². The van der Waals surface area contributed by atoms with Crippen LogP contribution >= 0.6 is 15.9 Å². The highest BCUT2D eigenvalue weighted by Gasteiger charge is 2.01. The number of aryl methyl sites for hydroxylation is 1. The first-order chi connectivity index (χ1) is 6.59. The lowest BCUT2D eigenvalue weighted by Gasteiger charge is -2.10. The van der Waals surface area contributed by atoms with Gasteiger partial charge in [0.05, 0.1) is 6.61 Å². The minimum Gasteiger partial charge on any atom is -0.493 e. The van der Waals surface area contributed by atoms with Crippen molar-refractivity contribution < 1.29 is 4.74 Å². The van der Waals surface area contributed by atoms with Crippen molar-refractivity contribution in [2.24, 2.45) is 5.92 Å². The van der Waals surface area contributed by atoms with E-state index in [1.807, 2.05) is 12.1 Å². The van der Waals surface area contributed by atoms with Crippen molar-refractivity contribution in [1.82, 2.24) is 0 Å². The maximum Gasteiger partial charge on any atom is 0.123 e. The molecule has 0 bridgehead atoms. The standard InChI is InChI=1S/C12H17BrO/c1-9(2)6-7-14-12-8-11(13)5-4-10(12)3/h4-5,8-9H,6-7H2,1-3H3. The second-order valence-corrected chi connectivity index (χ2v) is 4.86. The Balaban J connectivity index is 2.53. The van der Waals surface area contributed by atoms with Gasteiger partial charge in [-0.2, -0.15) is 0 Å². The molecule has 2 heteroatoms. The molecule has 0 aliphatic carbocycles. The molecule has 0 radical (unpaired) electrons. The van der Waals surface area contributed by atoms with Gasteiger partial charge in [0.15, 0.2) is 0 Å². The van der Waals surface area contributed by atoms with Crippen LogP contribution in [0.2, 0.25) is 0 Å². The van der Waals surface area contributed by atoms with Crippen LogP contribution in [0.25, 0.3) is 0 Å². The van der Waals surface area contributed by atoms with Crippen LogP contribution in [0.4, 0.5) is 0 Å². The van der Waals surface area contributed by atoms with Crippen LogP contribution in [0, 0.1) is 12.8 Å². The highest BCUT2D eigenvalue weighted by Crippen LogP contribution is 2.23. The molecule has 78 valence electrons. The highest BCUT2D eigenvalue weighted by atomic mass is 79.9. The lowest BCUT2D eigenvalue weighted by atomic mass is 10.1. The van der Waals surface area contributed by atoms with Crippen molar-refractivity contribution >= 4 is 15.9 Å². The van der Waals surface area contributed by atoms with E-state index >= 15 is 0 Å². The zero-order valence-electron chi connectivity index (χ0n) is 9.01. The Morgan fingerprint density at radius 1 is 1.36 bits per heavy atom. The Morgan fingerprint density at radius 3 is 2.71 bits per heavy atom. The SMILES string of the molecule is Cc1ccc(Br)cc1OCCC(C)C. The molecule has 0 N–H and O–H groups in total.